The molecule has 1 aliphatic rings. The van der Waals surface area contributed by atoms with Crippen molar-refractivity contribution in [2.75, 3.05) is 38.2 Å². The van der Waals surface area contributed by atoms with Crippen LogP contribution >= 0.6 is 11.3 Å². The molecule has 1 aliphatic heterocycles. The maximum Gasteiger partial charge on any atom is 0.273 e. The third-order valence-electron chi connectivity index (χ3n) is 6.77. The number of hydrogen-bond donors (Lipinski definition) is 0. The molecule has 0 saturated carbocycles. The molecule has 6 nitrogen and oxygen atoms in total. The van der Waals surface area contributed by atoms with Crippen LogP contribution in [0.2, 0.25) is 0 Å². The largest absolute Gasteiger partial charge is 0.497 e. The van der Waals surface area contributed by atoms with Gasteiger partial charge in [-0.05, 0) is 47.5 Å². The zero-order valence-corrected chi connectivity index (χ0v) is 22.5. The van der Waals surface area contributed by atoms with Gasteiger partial charge in [-0.1, -0.05) is 36.4 Å². The minimum absolute atomic E-state index is 0.106. The van der Waals surface area contributed by atoms with Crippen LogP contribution in [0.25, 0.3) is 0 Å². The van der Waals surface area contributed by atoms with Gasteiger partial charge >= 0.3 is 0 Å². The van der Waals surface area contributed by atoms with Crippen molar-refractivity contribution in [3.63, 3.8) is 0 Å². The van der Waals surface area contributed by atoms with Crippen molar-refractivity contribution < 1.29 is 18.3 Å². The van der Waals surface area contributed by atoms with Gasteiger partial charge in [0.25, 0.3) is 5.91 Å². The molecule has 1 fully saturated rings. The zero-order valence-electron chi connectivity index (χ0n) is 21.7. The Morgan fingerprint density at radius 3 is 2.18 bits per heavy atom. The number of carbonyl (C=O) groups is 1. The third-order valence-corrected chi connectivity index (χ3v) is 7.61. The van der Waals surface area contributed by atoms with E-state index in [2.05, 4.69) is 9.88 Å². The van der Waals surface area contributed by atoms with Crippen LogP contribution in [-0.4, -0.2) is 54.0 Å². The van der Waals surface area contributed by atoms with Crippen LogP contribution in [0.1, 0.15) is 26.6 Å². The number of aromatic nitrogens is 1. The monoisotopic (exact) mass is 548 g/mol. The molecule has 0 radical (unpaired) electrons. The minimum atomic E-state index is -0.265. The number of anilines is 1. The van der Waals surface area contributed by atoms with Crippen molar-refractivity contribution in [1.82, 2.24) is 14.8 Å². The number of carbonyl (C=O) groups excluding carboxylic acids is 1. The summed E-state index contributed by atoms with van der Waals surface area (Å²) in [5.41, 5.74) is 3.10. The van der Waals surface area contributed by atoms with Gasteiger partial charge in [-0.2, -0.15) is 0 Å². The number of rotatable bonds is 9. The van der Waals surface area contributed by atoms with Gasteiger partial charge in [0.2, 0.25) is 0 Å². The average molecular weight is 549 g/mol. The van der Waals surface area contributed by atoms with Crippen molar-refractivity contribution in [3.8, 4) is 5.75 Å². The molecule has 5 rings (SSSR count). The zero-order chi connectivity index (χ0) is 27.2. The SMILES string of the molecule is COc1ccc(CN(Cc2ccc(F)cc2)Cc2nc(C(=O)N3CCN(c4ccccc4F)CC3)cs2)cc1. The lowest BCUT2D eigenvalue weighted by Gasteiger charge is -2.35. The summed E-state index contributed by atoms with van der Waals surface area (Å²) in [6.07, 6.45) is 0. The Labute approximate surface area is 231 Å². The molecule has 1 aromatic heterocycles. The quantitative estimate of drug-likeness (QED) is 0.273. The van der Waals surface area contributed by atoms with E-state index in [0.717, 1.165) is 21.9 Å². The molecule has 0 aliphatic carbocycles. The Kier molecular flexibility index (Phi) is 8.48. The lowest BCUT2D eigenvalue weighted by Crippen LogP contribution is -2.49. The van der Waals surface area contributed by atoms with Crippen LogP contribution in [0, 0.1) is 11.6 Å². The number of nitrogens with zero attached hydrogens (tertiary/aromatic N) is 4. The molecule has 0 bridgehead atoms. The number of amides is 1. The molecular formula is C30H30F2N4O2S. The lowest BCUT2D eigenvalue weighted by molar-refractivity contribution is 0.0741. The van der Waals surface area contributed by atoms with E-state index in [1.807, 2.05) is 40.6 Å². The van der Waals surface area contributed by atoms with Crippen LogP contribution in [0.3, 0.4) is 0 Å². The predicted octanol–water partition coefficient (Wildman–Crippen LogP) is 5.59. The molecule has 4 aromatic rings. The van der Waals surface area contributed by atoms with E-state index in [0.29, 0.717) is 57.2 Å². The maximum absolute atomic E-state index is 14.2. The van der Waals surface area contributed by atoms with E-state index < -0.39 is 0 Å². The highest BCUT2D eigenvalue weighted by Gasteiger charge is 2.25. The van der Waals surface area contributed by atoms with Crippen LogP contribution in [0.4, 0.5) is 14.5 Å². The highest BCUT2D eigenvalue weighted by atomic mass is 32.1. The van der Waals surface area contributed by atoms with E-state index in [9.17, 15) is 13.6 Å². The minimum Gasteiger partial charge on any atom is -0.497 e. The van der Waals surface area contributed by atoms with Crippen LogP contribution in [-0.2, 0) is 19.6 Å². The number of halogens is 2. The molecule has 1 saturated heterocycles. The first-order valence-electron chi connectivity index (χ1n) is 12.8. The summed E-state index contributed by atoms with van der Waals surface area (Å²) in [6.45, 7) is 3.95. The number of para-hydroxylation sites is 1. The van der Waals surface area contributed by atoms with Crippen molar-refractivity contribution in [2.45, 2.75) is 19.6 Å². The summed E-state index contributed by atoms with van der Waals surface area (Å²) in [6, 6.07) is 21.1. The van der Waals surface area contributed by atoms with E-state index in [1.165, 1.54) is 29.5 Å². The molecule has 1 amide bonds. The lowest BCUT2D eigenvalue weighted by atomic mass is 10.1. The van der Waals surface area contributed by atoms with Crippen LogP contribution in [0.15, 0.2) is 78.2 Å². The van der Waals surface area contributed by atoms with Crippen molar-refractivity contribution in [1.29, 1.82) is 0 Å². The van der Waals surface area contributed by atoms with Crippen molar-refractivity contribution >= 4 is 22.9 Å². The number of thiazole rings is 1. The molecule has 0 unspecified atom stereocenters. The second-order valence-corrected chi connectivity index (χ2v) is 10.4. The summed E-state index contributed by atoms with van der Waals surface area (Å²) in [5, 5.41) is 2.64. The third kappa shape index (κ3) is 6.79. The van der Waals surface area contributed by atoms with E-state index in [1.54, 1.807) is 36.3 Å². The number of hydrogen-bond acceptors (Lipinski definition) is 6. The summed E-state index contributed by atoms with van der Waals surface area (Å²) < 4.78 is 32.9. The molecule has 39 heavy (non-hydrogen) atoms. The topological polar surface area (TPSA) is 48.9 Å². The van der Waals surface area contributed by atoms with Gasteiger partial charge in [-0.3, -0.25) is 9.69 Å². The first-order valence-corrected chi connectivity index (χ1v) is 13.7. The van der Waals surface area contributed by atoms with Crippen molar-refractivity contribution in [2.24, 2.45) is 0 Å². The average Bonchev–Trinajstić information content (AvgIpc) is 3.43. The fourth-order valence-corrected chi connectivity index (χ4v) is 5.51. The first kappa shape index (κ1) is 26.8. The fourth-order valence-electron chi connectivity index (χ4n) is 4.70. The molecular weight excluding hydrogens is 518 g/mol. The molecule has 3 aromatic carbocycles. The first-order chi connectivity index (χ1) is 19.0. The Morgan fingerprint density at radius 1 is 0.897 bits per heavy atom. The van der Waals surface area contributed by atoms with Gasteiger partial charge in [-0.25, -0.2) is 13.8 Å². The number of piperazine rings is 1. The number of ether oxygens (including phenoxy) is 1. The van der Waals surface area contributed by atoms with Crippen molar-refractivity contribution in [3.05, 3.63) is 112 Å². The normalized spacial score (nSPS) is 13.6. The summed E-state index contributed by atoms with van der Waals surface area (Å²) in [4.78, 5) is 23.8. The number of methoxy groups -OCH3 is 1. The summed E-state index contributed by atoms with van der Waals surface area (Å²) in [5.74, 6) is 0.173. The highest BCUT2D eigenvalue weighted by molar-refractivity contribution is 7.09. The molecule has 0 spiro atoms. The van der Waals surface area contributed by atoms with E-state index >= 15 is 0 Å². The van der Waals surface area contributed by atoms with E-state index in [-0.39, 0.29) is 17.5 Å². The van der Waals surface area contributed by atoms with Gasteiger partial charge in [0, 0.05) is 44.6 Å². The van der Waals surface area contributed by atoms with Crippen LogP contribution < -0.4 is 9.64 Å². The van der Waals surface area contributed by atoms with Gasteiger partial charge < -0.3 is 14.5 Å². The standard InChI is InChI=1S/C30H30F2N4O2S/c1-38-25-12-8-23(9-13-25)19-34(18-22-6-10-24(31)11-7-22)20-29-33-27(21-39-29)30(37)36-16-14-35(15-17-36)28-5-3-2-4-26(28)32/h2-13,21H,14-20H2,1H3. The Balaban J connectivity index is 1.24. The molecule has 0 N–H and O–H groups in total. The molecule has 202 valence electrons. The Morgan fingerprint density at radius 2 is 1.54 bits per heavy atom. The smallest absolute Gasteiger partial charge is 0.273 e. The predicted molar refractivity (Wildman–Crippen MR) is 149 cm³/mol. The number of benzene rings is 3. The second-order valence-electron chi connectivity index (χ2n) is 9.48. The second kappa shape index (κ2) is 12.4. The fraction of sp³-hybridized carbons (Fsp3) is 0.267. The summed E-state index contributed by atoms with van der Waals surface area (Å²) in [7, 11) is 1.64. The van der Waals surface area contributed by atoms with Gasteiger partial charge in [0.1, 0.15) is 28.1 Å². The Hall–Kier alpha value is -3.82. The van der Waals surface area contributed by atoms with Gasteiger partial charge in [0.05, 0.1) is 19.3 Å². The molecule has 0 atom stereocenters. The summed E-state index contributed by atoms with van der Waals surface area (Å²) >= 11 is 1.46. The van der Waals surface area contributed by atoms with E-state index in [4.69, 9.17) is 4.74 Å². The Bertz CT molecular complexity index is 1390. The highest BCUT2D eigenvalue weighted by Crippen LogP contribution is 2.23. The van der Waals surface area contributed by atoms with Crippen LogP contribution in [0.5, 0.6) is 5.75 Å². The molecule has 2 heterocycles. The molecule has 9 heteroatoms. The van der Waals surface area contributed by atoms with Gasteiger partial charge in [-0.15, -0.1) is 11.3 Å². The van der Waals surface area contributed by atoms with Gasteiger partial charge in [0.15, 0.2) is 0 Å². The maximum atomic E-state index is 14.2.